The SMILES string of the molecule is C[C@H](Nc1ccccc1C(=O)O)c1cc(C(F)(F)F)cc2ncc(N3CCOCC3)nc12. The summed E-state index contributed by atoms with van der Waals surface area (Å²) in [6.45, 7) is 3.94. The molecule has 3 aromatic rings. The predicted octanol–water partition coefficient (Wildman–Crippen LogP) is 4.36. The maximum atomic E-state index is 13.6. The number of aromatic nitrogens is 2. The van der Waals surface area contributed by atoms with Crippen LogP contribution < -0.4 is 10.2 Å². The van der Waals surface area contributed by atoms with Gasteiger partial charge in [0, 0.05) is 24.3 Å². The third-order valence-corrected chi connectivity index (χ3v) is 5.32. The lowest BCUT2D eigenvalue weighted by molar-refractivity contribution is -0.137. The summed E-state index contributed by atoms with van der Waals surface area (Å²) in [6, 6.07) is 7.59. The van der Waals surface area contributed by atoms with E-state index in [0.29, 0.717) is 43.3 Å². The molecule has 2 heterocycles. The summed E-state index contributed by atoms with van der Waals surface area (Å²) >= 11 is 0. The zero-order chi connectivity index (χ0) is 22.9. The number of nitrogens with zero attached hydrogens (tertiary/aromatic N) is 3. The predicted molar refractivity (Wildman–Crippen MR) is 113 cm³/mol. The van der Waals surface area contributed by atoms with Gasteiger partial charge < -0.3 is 20.1 Å². The number of morpholine rings is 1. The molecule has 4 rings (SSSR count). The minimum Gasteiger partial charge on any atom is -0.478 e. The highest BCUT2D eigenvalue weighted by atomic mass is 19.4. The number of benzene rings is 2. The number of nitrogens with one attached hydrogen (secondary N) is 1. The van der Waals surface area contributed by atoms with Crippen molar-refractivity contribution in [2.24, 2.45) is 0 Å². The average molecular weight is 446 g/mol. The smallest absolute Gasteiger partial charge is 0.416 e. The summed E-state index contributed by atoms with van der Waals surface area (Å²) in [5.41, 5.74) is 0.207. The molecule has 1 atom stereocenters. The van der Waals surface area contributed by atoms with Gasteiger partial charge in [-0.15, -0.1) is 0 Å². The van der Waals surface area contributed by atoms with Crippen molar-refractivity contribution in [1.29, 1.82) is 0 Å². The molecule has 1 fully saturated rings. The summed E-state index contributed by atoms with van der Waals surface area (Å²) in [5, 5.41) is 12.5. The maximum Gasteiger partial charge on any atom is 0.416 e. The van der Waals surface area contributed by atoms with Crippen molar-refractivity contribution in [3.63, 3.8) is 0 Å². The van der Waals surface area contributed by atoms with E-state index >= 15 is 0 Å². The largest absolute Gasteiger partial charge is 0.478 e. The monoisotopic (exact) mass is 446 g/mol. The fourth-order valence-corrected chi connectivity index (χ4v) is 3.68. The number of para-hydroxylation sites is 1. The lowest BCUT2D eigenvalue weighted by Crippen LogP contribution is -2.36. The van der Waals surface area contributed by atoms with Gasteiger partial charge in [0.2, 0.25) is 0 Å². The van der Waals surface area contributed by atoms with Crippen LogP contribution in [0.1, 0.15) is 34.5 Å². The number of carbonyl (C=O) groups is 1. The molecule has 0 saturated carbocycles. The van der Waals surface area contributed by atoms with Crippen LogP contribution in [0.4, 0.5) is 24.7 Å². The Balaban J connectivity index is 1.80. The summed E-state index contributed by atoms with van der Waals surface area (Å²) < 4.78 is 46.0. The fraction of sp³-hybridized carbons (Fsp3) is 0.318. The highest BCUT2D eigenvalue weighted by Gasteiger charge is 2.32. The number of carboxylic acid groups (broad SMARTS) is 1. The highest BCUT2D eigenvalue weighted by molar-refractivity contribution is 5.94. The summed E-state index contributed by atoms with van der Waals surface area (Å²) in [5.74, 6) is -0.580. The molecule has 0 bridgehead atoms. The molecule has 7 nitrogen and oxygen atoms in total. The van der Waals surface area contributed by atoms with Gasteiger partial charge in [0.25, 0.3) is 0 Å². The van der Waals surface area contributed by atoms with E-state index in [9.17, 15) is 23.1 Å². The van der Waals surface area contributed by atoms with Crippen LogP contribution in [-0.4, -0.2) is 47.3 Å². The van der Waals surface area contributed by atoms with Crippen LogP contribution in [0.5, 0.6) is 0 Å². The molecular weight excluding hydrogens is 425 g/mol. The minimum atomic E-state index is -4.56. The Hall–Kier alpha value is -3.40. The normalized spacial score (nSPS) is 15.6. The Morgan fingerprint density at radius 2 is 1.94 bits per heavy atom. The van der Waals surface area contributed by atoms with Crippen molar-refractivity contribution < 1.29 is 27.8 Å². The number of alkyl halides is 3. The van der Waals surface area contributed by atoms with E-state index in [-0.39, 0.29) is 16.6 Å². The first-order chi connectivity index (χ1) is 15.2. The number of halogens is 3. The molecule has 0 aliphatic carbocycles. The molecule has 1 aliphatic heterocycles. The molecule has 0 radical (unpaired) electrons. The molecule has 2 aromatic carbocycles. The number of aromatic carboxylic acids is 1. The maximum absolute atomic E-state index is 13.6. The van der Waals surface area contributed by atoms with Gasteiger partial charge in [-0.1, -0.05) is 12.1 Å². The van der Waals surface area contributed by atoms with Crippen molar-refractivity contribution >= 4 is 28.5 Å². The second-order valence-electron chi connectivity index (χ2n) is 7.48. The van der Waals surface area contributed by atoms with E-state index in [0.717, 1.165) is 12.1 Å². The molecule has 2 N–H and O–H groups in total. The molecule has 0 spiro atoms. The first kappa shape index (κ1) is 21.8. The zero-order valence-corrected chi connectivity index (χ0v) is 17.2. The van der Waals surface area contributed by atoms with E-state index in [1.807, 2.05) is 4.90 Å². The molecule has 10 heteroatoms. The highest BCUT2D eigenvalue weighted by Crippen LogP contribution is 2.36. The molecule has 168 valence electrons. The summed E-state index contributed by atoms with van der Waals surface area (Å²) in [7, 11) is 0. The van der Waals surface area contributed by atoms with E-state index < -0.39 is 23.8 Å². The first-order valence-corrected chi connectivity index (χ1v) is 10.0. The molecule has 1 aromatic heterocycles. The second-order valence-corrected chi connectivity index (χ2v) is 7.48. The molecule has 0 unspecified atom stereocenters. The Kier molecular flexibility index (Phi) is 5.88. The van der Waals surface area contributed by atoms with Gasteiger partial charge >= 0.3 is 12.1 Å². The Morgan fingerprint density at radius 1 is 1.22 bits per heavy atom. The number of fused-ring (bicyclic) bond motifs is 1. The zero-order valence-electron chi connectivity index (χ0n) is 17.2. The van der Waals surface area contributed by atoms with Crippen LogP contribution in [0, 0.1) is 0 Å². The van der Waals surface area contributed by atoms with Crippen LogP contribution in [0.15, 0.2) is 42.6 Å². The number of ether oxygens (including phenoxy) is 1. The Bertz CT molecular complexity index is 1150. The van der Waals surface area contributed by atoms with Crippen LogP contribution >= 0.6 is 0 Å². The number of carboxylic acids is 1. The number of anilines is 2. The minimum absolute atomic E-state index is 0.0238. The van der Waals surface area contributed by atoms with Crippen LogP contribution in [0.25, 0.3) is 11.0 Å². The van der Waals surface area contributed by atoms with Crippen LogP contribution in [0.3, 0.4) is 0 Å². The third-order valence-electron chi connectivity index (χ3n) is 5.32. The first-order valence-electron chi connectivity index (χ1n) is 10.0. The number of hydrogen-bond donors (Lipinski definition) is 2. The molecular formula is C22H21F3N4O3. The van der Waals surface area contributed by atoms with Crippen LogP contribution in [-0.2, 0) is 10.9 Å². The topological polar surface area (TPSA) is 87.6 Å². The van der Waals surface area contributed by atoms with Crippen LogP contribution in [0.2, 0.25) is 0 Å². The van der Waals surface area contributed by atoms with Crippen molar-refractivity contribution in [3.05, 3.63) is 59.3 Å². The third kappa shape index (κ3) is 4.45. The quantitative estimate of drug-likeness (QED) is 0.602. The van der Waals surface area contributed by atoms with Crippen molar-refractivity contribution in [1.82, 2.24) is 9.97 Å². The lowest BCUT2D eigenvalue weighted by Gasteiger charge is -2.28. The lowest BCUT2D eigenvalue weighted by atomic mass is 10.0. The van der Waals surface area contributed by atoms with E-state index in [2.05, 4.69) is 15.3 Å². The summed E-state index contributed by atoms with van der Waals surface area (Å²) in [4.78, 5) is 22.4. The molecule has 1 aliphatic rings. The summed E-state index contributed by atoms with van der Waals surface area (Å²) in [6.07, 6.45) is -3.10. The number of rotatable bonds is 5. The van der Waals surface area contributed by atoms with Crippen molar-refractivity contribution in [2.75, 3.05) is 36.5 Å². The Morgan fingerprint density at radius 3 is 2.62 bits per heavy atom. The average Bonchev–Trinajstić information content (AvgIpc) is 2.78. The van der Waals surface area contributed by atoms with Gasteiger partial charge in [0.1, 0.15) is 5.82 Å². The van der Waals surface area contributed by atoms with Gasteiger partial charge in [-0.25, -0.2) is 9.78 Å². The van der Waals surface area contributed by atoms with Gasteiger partial charge in [0.05, 0.1) is 47.6 Å². The molecule has 32 heavy (non-hydrogen) atoms. The second kappa shape index (κ2) is 8.62. The fourth-order valence-electron chi connectivity index (χ4n) is 3.68. The van der Waals surface area contributed by atoms with Crippen molar-refractivity contribution in [2.45, 2.75) is 19.1 Å². The van der Waals surface area contributed by atoms with Gasteiger partial charge in [-0.05, 0) is 31.2 Å². The standard InChI is InChI=1S/C22H21F3N4O3/c1-13(27-17-5-3-2-4-15(17)21(30)31)16-10-14(22(23,24)25)11-18-20(16)28-19(12-26-18)29-6-8-32-9-7-29/h2-5,10-13,27H,6-9H2,1H3,(H,30,31)/t13-/m0/s1. The molecule has 1 saturated heterocycles. The van der Waals surface area contributed by atoms with E-state index in [1.165, 1.54) is 12.3 Å². The molecule has 0 amide bonds. The van der Waals surface area contributed by atoms with Gasteiger partial charge in [-0.3, -0.25) is 4.98 Å². The van der Waals surface area contributed by atoms with Gasteiger partial charge in [-0.2, -0.15) is 13.2 Å². The van der Waals surface area contributed by atoms with E-state index in [1.54, 1.807) is 25.1 Å². The number of hydrogen-bond acceptors (Lipinski definition) is 6. The van der Waals surface area contributed by atoms with Crippen molar-refractivity contribution in [3.8, 4) is 0 Å². The van der Waals surface area contributed by atoms with E-state index in [4.69, 9.17) is 4.74 Å². The van der Waals surface area contributed by atoms with Gasteiger partial charge in [0.15, 0.2) is 0 Å². The Labute approximate surface area is 181 Å².